The average Bonchev–Trinajstić information content (AvgIpc) is 2.57. The minimum atomic E-state index is -1.17. The van der Waals surface area contributed by atoms with E-state index in [2.05, 4.69) is 4.99 Å². The van der Waals surface area contributed by atoms with Crippen LogP contribution in [0.15, 0.2) is 29.3 Å². The third-order valence-corrected chi connectivity index (χ3v) is 2.90. The van der Waals surface area contributed by atoms with Gasteiger partial charge in [0, 0.05) is 6.42 Å². The number of aliphatic imine (C=N–C) groups is 1. The first kappa shape index (κ1) is 26.5. The van der Waals surface area contributed by atoms with Crippen LogP contribution in [0.5, 0.6) is 5.75 Å². The Bertz CT molecular complexity index is 601. The highest BCUT2D eigenvalue weighted by Gasteiger charge is 2.16. The van der Waals surface area contributed by atoms with Gasteiger partial charge in [-0.05, 0) is 30.0 Å². The van der Waals surface area contributed by atoms with Crippen LogP contribution in [0, 0.1) is 5.92 Å². The number of phenolic OH excluding ortho intramolecular Hbond substituents is 1. The molecule has 11 heteroatoms. The van der Waals surface area contributed by atoms with Crippen molar-refractivity contribution in [2.24, 2.45) is 16.6 Å². The molecule has 1 aromatic rings. The average molecular weight is 383 g/mol. The summed E-state index contributed by atoms with van der Waals surface area (Å²) in [7, 11) is 0. The van der Waals surface area contributed by atoms with Gasteiger partial charge in [0.25, 0.3) is 0 Å². The summed E-state index contributed by atoms with van der Waals surface area (Å²) in [5.41, 5.74) is 5.90. The lowest BCUT2D eigenvalue weighted by Gasteiger charge is -2.07. The van der Waals surface area contributed by atoms with Crippen LogP contribution in [-0.2, 0) is 20.8 Å². The number of phenols is 1. The number of isocyanates is 1. The number of rotatable bonds is 7. The van der Waals surface area contributed by atoms with E-state index in [0.717, 1.165) is 0 Å². The first-order chi connectivity index (χ1) is 12.6. The van der Waals surface area contributed by atoms with Crippen molar-refractivity contribution in [2.75, 3.05) is 0 Å². The highest BCUT2D eigenvalue weighted by Crippen LogP contribution is 2.12. The fourth-order valence-electron chi connectivity index (χ4n) is 1.72. The number of aliphatic carboxylic acids is 2. The molecule has 2 atom stereocenters. The van der Waals surface area contributed by atoms with E-state index in [0.29, 0.717) is 17.9 Å². The van der Waals surface area contributed by atoms with Gasteiger partial charge in [-0.1, -0.05) is 26.0 Å². The van der Waals surface area contributed by atoms with Gasteiger partial charge in [-0.2, -0.15) is 4.99 Å². The first-order valence-electron chi connectivity index (χ1n) is 7.75. The van der Waals surface area contributed by atoms with Crippen molar-refractivity contribution in [3.05, 3.63) is 29.8 Å². The van der Waals surface area contributed by atoms with Gasteiger partial charge in [0.05, 0.1) is 0 Å². The summed E-state index contributed by atoms with van der Waals surface area (Å²) < 4.78 is 0. The fraction of sp³-hybridized carbons (Fsp3) is 0.438. The number of carbonyl (C=O) groups is 2. The molecular formula is C16H24BN2O8. The van der Waals surface area contributed by atoms with Crippen LogP contribution in [-0.4, -0.2) is 63.2 Å². The van der Waals surface area contributed by atoms with E-state index in [1.165, 1.54) is 18.2 Å². The number of carboxylic acids is 2. The minimum absolute atomic E-state index is 0. The van der Waals surface area contributed by atoms with E-state index < -0.39 is 24.0 Å². The smallest absolute Gasteiger partial charge is 0.482 e. The highest BCUT2D eigenvalue weighted by atomic mass is 16.4. The van der Waals surface area contributed by atoms with Crippen molar-refractivity contribution in [3.63, 3.8) is 0 Å². The Morgan fingerprint density at radius 2 is 1.63 bits per heavy atom. The van der Waals surface area contributed by atoms with Crippen LogP contribution < -0.4 is 5.73 Å². The lowest BCUT2D eigenvalue weighted by Crippen LogP contribution is -2.31. The molecule has 10 nitrogen and oxygen atoms in total. The second-order valence-electron chi connectivity index (χ2n) is 5.63. The van der Waals surface area contributed by atoms with Gasteiger partial charge < -0.3 is 31.1 Å². The van der Waals surface area contributed by atoms with E-state index in [9.17, 15) is 14.4 Å². The molecule has 0 aliphatic carbocycles. The topological polar surface area (TPSA) is 191 Å². The van der Waals surface area contributed by atoms with E-state index in [1.807, 2.05) is 13.8 Å². The molecule has 0 amide bonds. The van der Waals surface area contributed by atoms with Gasteiger partial charge >= 0.3 is 19.6 Å². The van der Waals surface area contributed by atoms with Crippen molar-refractivity contribution in [3.8, 4) is 5.75 Å². The van der Waals surface area contributed by atoms with Gasteiger partial charge in [0.1, 0.15) is 11.8 Å². The molecule has 0 saturated heterocycles. The van der Waals surface area contributed by atoms with Crippen molar-refractivity contribution in [2.45, 2.75) is 38.8 Å². The van der Waals surface area contributed by atoms with Crippen LogP contribution in [0.25, 0.3) is 0 Å². The van der Waals surface area contributed by atoms with Gasteiger partial charge in [-0.3, -0.25) is 4.79 Å². The predicted molar refractivity (Wildman–Crippen MR) is 96.6 cm³/mol. The second-order valence-corrected chi connectivity index (χ2v) is 5.63. The molecule has 0 aromatic heterocycles. The third kappa shape index (κ3) is 15.3. The SMILES string of the molecule is CC(C)CC(N)C(=O)O.O=C=NC(Cc1ccc(O)cc1)C(=O)O.O[B]O. The van der Waals surface area contributed by atoms with Crippen LogP contribution in [0.3, 0.4) is 0 Å². The molecule has 149 valence electrons. The Morgan fingerprint density at radius 1 is 1.15 bits per heavy atom. The van der Waals surface area contributed by atoms with Crippen LogP contribution in [0.1, 0.15) is 25.8 Å². The second kappa shape index (κ2) is 15.5. The Labute approximate surface area is 157 Å². The number of hydrogen-bond donors (Lipinski definition) is 6. The number of benzene rings is 1. The van der Waals surface area contributed by atoms with Gasteiger partial charge in [0.2, 0.25) is 6.08 Å². The highest BCUT2D eigenvalue weighted by molar-refractivity contribution is 6.13. The molecule has 0 saturated carbocycles. The van der Waals surface area contributed by atoms with E-state index in [-0.39, 0.29) is 19.9 Å². The van der Waals surface area contributed by atoms with E-state index >= 15 is 0 Å². The largest absolute Gasteiger partial charge is 0.508 e. The van der Waals surface area contributed by atoms with E-state index in [1.54, 1.807) is 12.1 Å². The van der Waals surface area contributed by atoms with E-state index in [4.69, 9.17) is 31.1 Å². The quantitative estimate of drug-likeness (QED) is 0.208. The molecule has 0 aliphatic heterocycles. The van der Waals surface area contributed by atoms with Crippen LogP contribution >= 0.6 is 0 Å². The number of nitrogens with two attached hydrogens (primary N) is 1. The van der Waals surface area contributed by atoms with Gasteiger partial charge in [-0.15, -0.1) is 0 Å². The molecule has 0 heterocycles. The number of hydrogen-bond acceptors (Lipinski definition) is 8. The maximum Gasteiger partial charge on any atom is 0.482 e. The zero-order chi connectivity index (χ0) is 21.4. The third-order valence-electron chi connectivity index (χ3n) is 2.90. The van der Waals surface area contributed by atoms with Crippen molar-refractivity contribution in [1.82, 2.24) is 0 Å². The molecule has 0 spiro atoms. The zero-order valence-corrected chi connectivity index (χ0v) is 15.0. The minimum Gasteiger partial charge on any atom is -0.508 e. The maximum atomic E-state index is 10.6. The van der Waals surface area contributed by atoms with Crippen LogP contribution in [0.2, 0.25) is 0 Å². The molecule has 0 aliphatic rings. The normalized spacial score (nSPS) is 11.5. The monoisotopic (exact) mass is 383 g/mol. The molecule has 7 N–H and O–H groups in total. The summed E-state index contributed by atoms with van der Waals surface area (Å²) in [4.78, 5) is 33.9. The molecule has 1 radical (unpaired) electrons. The van der Waals surface area contributed by atoms with Crippen molar-refractivity contribution < 1.29 is 39.8 Å². The lowest BCUT2D eigenvalue weighted by molar-refractivity contribution is -0.139. The van der Waals surface area contributed by atoms with Crippen molar-refractivity contribution in [1.29, 1.82) is 0 Å². The van der Waals surface area contributed by atoms with Crippen molar-refractivity contribution >= 4 is 25.7 Å². The molecule has 0 bridgehead atoms. The maximum absolute atomic E-state index is 10.6. The number of carboxylic acid groups (broad SMARTS) is 2. The molecule has 0 fully saturated rings. The summed E-state index contributed by atoms with van der Waals surface area (Å²) in [6, 6.07) is 4.23. The van der Waals surface area contributed by atoms with Crippen LogP contribution in [0.4, 0.5) is 0 Å². The zero-order valence-electron chi connectivity index (χ0n) is 15.0. The molecular weight excluding hydrogens is 359 g/mol. The standard InChI is InChI=1S/C10H9NO4.C6H13NO2.BH2O2/c12-6-11-9(10(14)15)5-7-1-3-8(13)4-2-7;1-4(2)3-5(7)6(8)9;2-1-3/h1-4,9,13H,5H2,(H,14,15);4-5H,3,7H2,1-2H3,(H,8,9);2-3H. The summed E-state index contributed by atoms with van der Waals surface area (Å²) >= 11 is 0. The summed E-state index contributed by atoms with van der Waals surface area (Å²) in [6.45, 7) is 3.89. The molecule has 27 heavy (non-hydrogen) atoms. The van der Waals surface area contributed by atoms with Gasteiger partial charge in [-0.25, -0.2) is 9.59 Å². The Balaban J connectivity index is 0. The Hall–Kier alpha value is -2.72. The first-order valence-corrected chi connectivity index (χ1v) is 7.75. The molecule has 1 aromatic carbocycles. The lowest BCUT2D eigenvalue weighted by atomic mass is 10.1. The Kier molecular flexibility index (Phi) is 15.3. The Morgan fingerprint density at radius 3 is 1.93 bits per heavy atom. The summed E-state index contributed by atoms with van der Waals surface area (Å²) in [5.74, 6) is -1.63. The predicted octanol–water partition coefficient (Wildman–Crippen LogP) is -0.327. The summed E-state index contributed by atoms with van der Waals surface area (Å²) in [6.07, 6.45) is 1.88. The summed E-state index contributed by atoms with van der Waals surface area (Å²) in [5, 5.41) is 40.0. The molecule has 2 unspecified atom stereocenters. The fourth-order valence-corrected chi connectivity index (χ4v) is 1.72. The van der Waals surface area contributed by atoms with Gasteiger partial charge in [0.15, 0.2) is 6.04 Å². The molecule has 1 rings (SSSR count). The number of carbonyl (C=O) groups excluding carboxylic acids is 1. The number of nitrogens with zero attached hydrogens (tertiary/aromatic N) is 1. The number of aromatic hydroxyl groups is 1.